The van der Waals surface area contributed by atoms with Crippen LogP contribution in [0, 0.1) is 6.08 Å². The molecule has 2 rings (SSSR count). The molecule has 1 radical (unpaired) electrons. The average molecular weight is 185 g/mol. The van der Waals surface area contributed by atoms with Gasteiger partial charge in [-0.3, -0.25) is 0 Å². The van der Waals surface area contributed by atoms with E-state index in [1.54, 1.807) is 0 Å². The van der Waals surface area contributed by atoms with Crippen molar-refractivity contribution in [1.82, 2.24) is 0 Å². The fourth-order valence-electron chi connectivity index (χ4n) is 1.84. The molecule has 0 bridgehead atoms. The molecule has 0 aliphatic carbocycles. The largest absolute Gasteiger partial charge is 0.381 e. The maximum atomic E-state index is 14.2. The molecule has 2 aliphatic heterocycles. The Bertz CT molecular complexity index is 197. The molecular weight excluding hydrogens is 171 g/mol. The third-order valence-electron chi connectivity index (χ3n) is 2.73. The summed E-state index contributed by atoms with van der Waals surface area (Å²) in [6, 6.07) is 0. The van der Waals surface area contributed by atoms with E-state index in [1.165, 1.54) is 0 Å². The second-order valence-corrected chi connectivity index (χ2v) is 3.58. The number of hydrogen-bond donors (Lipinski definition) is 0. The summed E-state index contributed by atoms with van der Waals surface area (Å²) in [6.07, 6.45) is 6.04. The summed E-state index contributed by atoms with van der Waals surface area (Å²) in [4.78, 5) is 0. The number of hydrogen-bond acceptors (Lipinski definition) is 2. The van der Waals surface area contributed by atoms with Crippen LogP contribution in [-0.4, -0.2) is 31.6 Å². The molecule has 13 heavy (non-hydrogen) atoms. The molecule has 0 N–H and O–H groups in total. The summed E-state index contributed by atoms with van der Waals surface area (Å²) in [6.45, 7) is 1.53. The van der Waals surface area contributed by atoms with Gasteiger partial charge in [-0.15, -0.1) is 0 Å². The number of alkyl halides is 1. The molecule has 2 nitrogen and oxygen atoms in total. The van der Waals surface area contributed by atoms with E-state index in [-0.39, 0.29) is 6.10 Å². The lowest BCUT2D eigenvalue weighted by molar-refractivity contribution is -0.106. The highest BCUT2D eigenvalue weighted by molar-refractivity contribution is 4.95. The Hall–Kier alpha value is -0.410. The van der Waals surface area contributed by atoms with Crippen LogP contribution in [0.3, 0.4) is 0 Å². The van der Waals surface area contributed by atoms with Gasteiger partial charge in [0.05, 0.1) is 12.7 Å². The van der Waals surface area contributed by atoms with Crippen molar-refractivity contribution in [3.63, 3.8) is 0 Å². The second-order valence-electron chi connectivity index (χ2n) is 3.58. The Balaban J connectivity index is 1.99. The van der Waals surface area contributed by atoms with Crippen molar-refractivity contribution < 1.29 is 13.9 Å². The number of ether oxygens (including phenoxy) is 2. The Labute approximate surface area is 77.7 Å². The molecule has 2 heterocycles. The molecule has 0 amide bonds. The van der Waals surface area contributed by atoms with Crippen LogP contribution in [0.25, 0.3) is 0 Å². The Morgan fingerprint density at radius 1 is 1.38 bits per heavy atom. The second kappa shape index (κ2) is 3.76. The van der Waals surface area contributed by atoms with Crippen molar-refractivity contribution >= 4 is 0 Å². The normalized spacial score (nSPS) is 33.2. The Kier molecular flexibility index (Phi) is 2.65. The molecule has 1 atom stereocenters. The first-order valence-corrected chi connectivity index (χ1v) is 4.75. The highest BCUT2D eigenvalue weighted by atomic mass is 19.1. The third kappa shape index (κ3) is 1.92. The van der Waals surface area contributed by atoms with Gasteiger partial charge in [0.25, 0.3) is 0 Å². The fourth-order valence-corrected chi connectivity index (χ4v) is 1.84. The van der Waals surface area contributed by atoms with Crippen molar-refractivity contribution in [3.8, 4) is 0 Å². The van der Waals surface area contributed by atoms with Gasteiger partial charge in [0.1, 0.15) is 5.67 Å². The molecule has 1 fully saturated rings. The van der Waals surface area contributed by atoms with Crippen LogP contribution in [0.15, 0.2) is 6.08 Å². The lowest BCUT2D eigenvalue weighted by atomic mass is 9.87. The van der Waals surface area contributed by atoms with Crippen molar-refractivity contribution in [2.45, 2.75) is 31.0 Å². The quantitative estimate of drug-likeness (QED) is 0.618. The molecular formula is C10H14FO2. The monoisotopic (exact) mass is 185 g/mol. The molecule has 0 aromatic rings. The van der Waals surface area contributed by atoms with Crippen LogP contribution in [0.5, 0.6) is 0 Å². The van der Waals surface area contributed by atoms with Gasteiger partial charge in [0.2, 0.25) is 0 Å². The van der Waals surface area contributed by atoms with Crippen molar-refractivity contribution in [2.75, 3.05) is 19.8 Å². The maximum Gasteiger partial charge on any atom is 0.141 e. The van der Waals surface area contributed by atoms with Gasteiger partial charge in [-0.25, -0.2) is 4.39 Å². The molecule has 0 spiro atoms. The third-order valence-corrected chi connectivity index (χ3v) is 2.73. The van der Waals surface area contributed by atoms with Crippen LogP contribution >= 0.6 is 0 Å². The maximum absolute atomic E-state index is 14.2. The van der Waals surface area contributed by atoms with E-state index in [9.17, 15) is 4.39 Å². The highest BCUT2D eigenvalue weighted by Gasteiger charge is 2.41. The lowest BCUT2D eigenvalue weighted by Crippen LogP contribution is -2.45. The van der Waals surface area contributed by atoms with Crippen molar-refractivity contribution in [2.24, 2.45) is 0 Å². The van der Waals surface area contributed by atoms with Crippen molar-refractivity contribution in [3.05, 3.63) is 12.2 Å². The van der Waals surface area contributed by atoms with Gasteiger partial charge in [0, 0.05) is 32.5 Å². The Morgan fingerprint density at radius 2 is 2.15 bits per heavy atom. The zero-order valence-corrected chi connectivity index (χ0v) is 7.59. The molecule has 2 aliphatic rings. The van der Waals surface area contributed by atoms with Gasteiger partial charge in [-0.2, -0.15) is 0 Å². The molecule has 1 saturated heterocycles. The van der Waals surface area contributed by atoms with E-state index >= 15 is 0 Å². The van der Waals surface area contributed by atoms with Crippen LogP contribution in [-0.2, 0) is 9.47 Å². The predicted octanol–water partition coefficient (Wildman–Crippen LogP) is 1.65. The van der Waals surface area contributed by atoms with Crippen LogP contribution in [0.1, 0.15) is 19.3 Å². The molecule has 0 aromatic heterocycles. The van der Waals surface area contributed by atoms with Crippen LogP contribution < -0.4 is 0 Å². The summed E-state index contributed by atoms with van der Waals surface area (Å²) in [5.41, 5.74) is -1.18. The van der Waals surface area contributed by atoms with Gasteiger partial charge in [0.15, 0.2) is 0 Å². The minimum absolute atomic E-state index is 0.304. The number of rotatable bonds is 1. The van der Waals surface area contributed by atoms with E-state index in [1.807, 2.05) is 6.08 Å². The standard InChI is InChI=1S/C10H14FO2/c11-10(4-7-12-8-5-10)9-3-1-2-6-13-9/h2,9H,3-8H2. The summed E-state index contributed by atoms with van der Waals surface area (Å²) in [5, 5.41) is 0. The van der Waals surface area contributed by atoms with Gasteiger partial charge >= 0.3 is 0 Å². The summed E-state index contributed by atoms with van der Waals surface area (Å²) < 4.78 is 24.7. The lowest BCUT2D eigenvalue weighted by Gasteiger charge is -2.36. The predicted molar refractivity (Wildman–Crippen MR) is 46.1 cm³/mol. The van der Waals surface area contributed by atoms with E-state index in [4.69, 9.17) is 9.47 Å². The van der Waals surface area contributed by atoms with Gasteiger partial charge in [-0.05, 0) is 6.08 Å². The first-order chi connectivity index (χ1) is 6.31. The van der Waals surface area contributed by atoms with E-state index < -0.39 is 5.67 Å². The molecule has 0 aromatic carbocycles. The minimum Gasteiger partial charge on any atom is -0.381 e. The zero-order valence-electron chi connectivity index (χ0n) is 7.59. The summed E-state index contributed by atoms with van der Waals surface area (Å²) >= 11 is 0. The first kappa shape index (κ1) is 9.16. The Morgan fingerprint density at radius 3 is 2.77 bits per heavy atom. The number of halogens is 1. The smallest absolute Gasteiger partial charge is 0.141 e. The SMILES string of the molecule is FC1(C2C[C]=CCO2)CCOCC1. The molecule has 1 unspecified atom stereocenters. The summed E-state index contributed by atoms with van der Waals surface area (Å²) in [7, 11) is 0. The minimum atomic E-state index is -1.18. The fraction of sp³-hybridized carbons (Fsp3) is 0.800. The van der Waals surface area contributed by atoms with Crippen molar-refractivity contribution in [1.29, 1.82) is 0 Å². The van der Waals surface area contributed by atoms with Crippen LogP contribution in [0.4, 0.5) is 4.39 Å². The topological polar surface area (TPSA) is 18.5 Å². The van der Waals surface area contributed by atoms with Gasteiger partial charge < -0.3 is 9.47 Å². The van der Waals surface area contributed by atoms with E-state index in [2.05, 4.69) is 6.08 Å². The molecule has 3 heteroatoms. The van der Waals surface area contributed by atoms with Gasteiger partial charge in [-0.1, -0.05) is 6.08 Å². The van der Waals surface area contributed by atoms with Crippen LogP contribution in [0.2, 0.25) is 0 Å². The van der Waals surface area contributed by atoms with E-state index in [0.717, 1.165) is 0 Å². The first-order valence-electron chi connectivity index (χ1n) is 4.75. The zero-order chi connectivity index (χ0) is 9.15. The highest BCUT2D eigenvalue weighted by Crippen LogP contribution is 2.33. The average Bonchev–Trinajstić information content (AvgIpc) is 2.20. The molecule has 73 valence electrons. The summed E-state index contributed by atoms with van der Waals surface area (Å²) in [5.74, 6) is 0. The molecule has 0 saturated carbocycles. The van der Waals surface area contributed by atoms with E-state index in [0.29, 0.717) is 39.1 Å².